The molecular weight excluding hydrogens is 204 g/mol. The van der Waals surface area contributed by atoms with Crippen molar-refractivity contribution in [1.29, 1.82) is 0 Å². The molecule has 0 unspecified atom stereocenters. The van der Waals surface area contributed by atoms with Gasteiger partial charge in [-0.2, -0.15) is 0 Å². The smallest absolute Gasteiger partial charge is 0.0942 e. The van der Waals surface area contributed by atoms with E-state index < -0.39 is 0 Å². The summed E-state index contributed by atoms with van der Waals surface area (Å²) in [6, 6.07) is 8.34. The summed E-state index contributed by atoms with van der Waals surface area (Å²) in [7, 11) is 0. The third kappa shape index (κ3) is 2.80. The molecule has 0 aliphatic heterocycles. The molecule has 15 heavy (non-hydrogen) atoms. The summed E-state index contributed by atoms with van der Waals surface area (Å²) < 4.78 is 0. The highest BCUT2D eigenvalue weighted by Crippen LogP contribution is 2.13. The molecule has 2 aromatic rings. The number of aryl methyl sites for hydroxylation is 1. The lowest BCUT2D eigenvalue weighted by molar-refractivity contribution is 0.996. The molecule has 0 saturated heterocycles. The fourth-order valence-corrected chi connectivity index (χ4v) is 2.07. The van der Waals surface area contributed by atoms with Crippen molar-refractivity contribution < 1.29 is 0 Å². The Morgan fingerprint density at radius 3 is 2.93 bits per heavy atom. The van der Waals surface area contributed by atoms with Gasteiger partial charge in [-0.1, -0.05) is 18.2 Å². The number of rotatable bonds is 4. The maximum atomic E-state index is 4.25. The van der Waals surface area contributed by atoms with E-state index in [1.807, 2.05) is 11.6 Å². The highest BCUT2D eigenvalue weighted by molar-refractivity contribution is 7.09. The number of thiazole rings is 1. The molecule has 0 aliphatic rings. The van der Waals surface area contributed by atoms with Crippen LogP contribution in [0.3, 0.4) is 0 Å². The van der Waals surface area contributed by atoms with Crippen LogP contribution in [0.5, 0.6) is 0 Å². The lowest BCUT2D eigenvalue weighted by Gasteiger charge is -2.07. The number of nitrogens with one attached hydrogen (secondary N) is 1. The van der Waals surface area contributed by atoms with Crippen molar-refractivity contribution in [2.75, 3.05) is 11.9 Å². The van der Waals surface area contributed by atoms with Gasteiger partial charge in [-0.05, 0) is 18.6 Å². The van der Waals surface area contributed by atoms with Gasteiger partial charge >= 0.3 is 0 Å². The Labute approximate surface area is 94.0 Å². The zero-order chi connectivity index (χ0) is 10.5. The van der Waals surface area contributed by atoms with Gasteiger partial charge in [-0.15, -0.1) is 11.3 Å². The first-order valence-electron chi connectivity index (χ1n) is 5.04. The summed E-state index contributed by atoms with van der Waals surface area (Å²) in [5.74, 6) is 0. The number of para-hydroxylation sites is 1. The first kappa shape index (κ1) is 10.2. The van der Waals surface area contributed by atoms with Crippen LogP contribution in [0.25, 0.3) is 0 Å². The second-order valence-corrected chi connectivity index (χ2v) is 4.40. The van der Waals surface area contributed by atoms with Crippen LogP contribution in [-0.2, 0) is 6.42 Å². The van der Waals surface area contributed by atoms with Gasteiger partial charge in [0, 0.05) is 30.2 Å². The van der Waals surface area contributed by atoms with E-state index in [1.165, 1.54) is 16.3 Å². The molecular formula is C12H14N2S. The van der Waals surface area contributed by atoms with Crippen LogP contribution in [0.15, 0.2) is 35.8 Å². The predicted molar refractivity (Wildman–Crippen MR) is 65.5 cm³/mol. The molecule has 1 N–H and O–H groups in total. The molecule has 78 valence electrons. The standard InChI is InChI=1S/C12H14N2S/c1-10-4-2-3-5-11(10)13-7-6-12-14-8-9-15-12/h2-5,8-9,13H,6-7H2,1H3. The van der Waals surface area contributed by atoms with Crippen molar-refractivity contribution >= 4 is 17.0 Å². The second-order valence-electron chi connectivity index (χ2n) is 3.42. The van der Waals surface area contributed by atoms with Gasteiger partial charge in [0.2, 0.25) is 0 Å². The molecule has 2 nitrogen and oxygen atoms in total. The molecule has 0 spiro atoms. The van der Waals surface area contributed by atoms with E-state index in [4.69, 9.17) is 0 Å². The molecule has 1 aromatic carbocycles. The molecule has 1 heterocycles. The molecule has 1 aromatic heterocycles. The molecule has 0 radical (unpaired) electrons. The molecule has 0 amide bonds. The number of anilines is 1. The monoisotopic (exact) mass is 218 g/mol. The summed E-state index contributed by atoms with van der Waals surface area (Å²) in [5.41, 5.74) is 2.51. The molecule has 0 fully saturated rings. The van der Waals surface area contributed by atoms with Crippen LogP contribution in [0.2, 0.25) is 0 Å². The first-order chi connectivity index (χ1) is 7.36. The van der Waals surface area contributed by atoms with Gasteiger partial charge in [0.25, 0.3) is 0 Å². The topological polar surface area (TPSA) is 24.9 Å². The number of nitrogens with zero attached hydrogens (tertiary/aromatic N) is 1. The number of hydrogen-bond donors (Lipinski definition) is 1. The van der Waals surface area contributed by atoms with Crippen molar-refractivity contribution in [3.05, 3.63) is 46.4 Å². The molecule has 0 bridgehead atoms. The van der Waals surface area contributed by atoms with Crippen molar-refractivity contribution in [1.82, 2.24) is 4.98 Å². The summed E-state index contributed by atoms with van der Waals surface area (Å²) >= 11 is 1.71. The van der Waals surface area contributed by atoms with E-state index in [9.17, 15) is 0 Å². The third-order valence-electron chi connectivity index (χ3n) is 2.28. The van der Waals surface area contributed by atoms with Crippen molar-refractivity contribution in [2.24, 2.45) is 0 Å². The summed E-state index contributed by atoms with van der Waals surface area (Å²) in [4.78, 5) is 4.25. The Hall–Kier alpha value is -1.35. The van der Waals surface area contributed by atoms with E-state index in [2.05, 4.69) is 41.5 Å². The van der Waals surface area contributed by atoms with Crippen LogP contribution in [0.4, 0.5) is 5.69 Å². The first-order valence-corrected chi connectivity index (χ1v) is 5.92. The minimum atomic E-state index is 0.943. The molecule has 0 aliphatic carbocycles. The number of aromatic nitrogens is 1. The average molecular weight is 218 g/mol. The fraction of sp³-hybridized carbons (Fsp3) is 0.250. The highest BCUT2D eigenvalue weighted by Gasteiger charge is 1.97. The lowest BCUT2D eigenvalue weighted by Crippen LogP contribution is -2.05. The van der Waals surface area contributed by atoms with Crippen LogP contribution in [0, 0.1) is 6.92 Å². The van der Waals surface area contributed by atoms with E-state index in [1.54, 1.807) is 11.3 Å². The quantitative estimate of drug-likeness (QED) is 0.853. The Bertz CT molecular complexity index is 409. The zero-order valence-corrected chi connectivity index (χ0v) is 9.55. The third-order valence-corrected chi connectivity index (χ3v) is 3.12. The Balaban J connectivity index is 1.86. The Morgan fingerprint density at radius 1 is 1.33 bits per heavy atom. The summed E-state index contributed by atoms with van der Waals surface area (Å²) in [5, 5.41) is 6.63. The maximum absolute atomic E-state index is 4.25. The second kappa shape index (κ2) is 4.94. The SMILES string of the molecule is Cc1ccccc1NCCc1nccs1. The zero-order valence-electron chi connectivity index (χ0n) is 8.73. The highest BCUT2D eigenvalue weighted by atomic mass is 32.1. The molecule has 2 rings (SSSR count). The molecule has 0 saturated carbocycles. The van der Waals surface area contributed by atoms with Crippen LogP contribution in [-0.4, -0.2) is 11.5 Å². The largest absolute Gasteiger partial charge is 0.384 e. The van der Waals surface area contributed by atoms with Gasteiger partial charge < -0.3 is 5.32 Å². The van der Waals surface area contributed by atoms with Crippen molar-refractivity contribution in [3.8, 4) is 0 Å². The lowest BCUT2D eigenvalue weighted by atomic mass is 10.2. The Kier molecular flexibility index (Phi) is 3.35. The summed E-state index contributed by atoms with van der Waals surface area (Å²) in [6.07, 6.45) is 2.85. The van der Waals surface area contributed by atoms with Gasteiger partial charge in [-0.25, -0.2) is 4.98 Å². The predicted octanol–water partition coefficient (Wildman–Crippen LogP) is 3.11. The van der Waals surface area contributed by atoms with E-state index in [0.717, 1.165) is 13.0 Å². The van der Waals surface area contributed by atoms with Gasteiger partial charge in [0.1, 0.15) is 0 Å². The van der Waals surface area contributed by atoms with Crippen molar-refractivity contribution in [3.63, 3.8) is 0 Å². The fourth-order valence-electron chi connectivity index (χ4n) is 1.45. The average Bonchev–Trinajstić information content (AvgIpc) is 2.74. The minimum absolute atomic E-state index is 0.943. The van der Waals surface area contributed by atoms with Gasteiger partial charge in [0.05, 0.1) is 5.01 Å². The maximum Gasteiger partial charge on any atom is 0.0942 e. The van der Waals surface area contributed by atoms with Gasteiger partial charge in [-0.3, -0.25) is 0 Å². The normalized spacial score (nSPS) is 10.2. The van der Waals surface area contributed by atoms with Crippen LogP contribution >= 0.6 is 11.3 Å². The van der Waals surface area contributed by atoms with E-state index in [0.29, 0.717) is 0 Å². The minimum Gasteiger partial charge on any atom is -0.384 e. The number of hydrogen-bond acceptors (Lipinski definition) is 3. The van der Waals surface area contributed by atoms with E-state index in [-0.39, 0.29) is 0 Å². The van der Waals surface area contributed by atoms with Crippen LogP contribution in [0.1, 0.15) is 10.6 Å². The molecule has 0 atom stereocenters. The number of benzene rings is 1. The van der Waals surface area contributed by atoms with E-state index >= 15 is 0 Å². The molecule has 3 heteroatoms. The summed E-state index contributed by atoms with van der Waals surface area (Å²) in [6.45, 7) is 3.06. The van der Waals surface area contributed by atoms with Crippen molar-refractivity contribution in [2.45, 2.75) is 13.3 Å². The Morgan fingerprint density at radius 2 is 2.20 bits per heavy atom. The van der Waals surface area contributed by atoms with Crippen LogP contribution < -0.4 is 5.32 Å². The van der Waals surface area contributed by atoms with Gasteiger partial charge in [0.15, 0.2) is 0 Å².